The number of ether oxygens (including phenoxy) is 2. The van der Waals surface area contributed by atoms with Crippen molar-refractivity contribution in [3.63, 3.8) is 0 Å². The fourth-order valence-electron chi connectivity index (χ4n) is 5.00. The quantitative estimate of drug-likeness (QED) is 0.221. The van der Waals surface area contributed by atoms with Crippen LogP contribution in [0.1, 0.15) is 63.3 Å². The molecule has 3 heterocycles. The zero-order chi connectivity index (χ0) is 27.1. The van der Waals surface area contributed by atoms with E-state index in [1.165, 1.54) is 4.90 Å². The lowest BCUT2D eigenvalue weighted by molar-refractivity contribution is -0.142. The predicted octanol–water partition coefficient (Wildman–Crippen LogP) is 4.69. The highest BCUT2D eigenvalue weighted by Gasteiger charge is 2.50. The molecule has 9 heteroatoms. The van der Waals surface area contributed by atoms with Crippen LogP contribution in [0, 0.1) is 0 Å². The van der Waals surface area contributed by atoms with E-state index in [0.717, 1.165) is 19.3 Å². The summed E-state index contributed by atoms with van der Waals surface area (Å²) in [5.74, 6) is -0.991. The highest BCUT2D eigenvalue weighted by atomic mass is 16.6. The van der Waals surface area contributed by atoms with Gasteiger partial charge in [-0.3, -0.25) is 14.6 Å². The first-order valence-corrected chi connectivity index (χ1v) is 13.3. The molecule has 0 bridgehead atoms. The maximum Gasteiger partial charge on any atom is 0.409 e. The van der Waals surface area contributed by atoms with E-state index >= 15 is 0 Å². The van der Waals surface area contributed by atoms with Crippen molar-refractivity contribution in [2.75, 3.05) is 26.3 Å². The molecular formula is C29H35N3O6. The second kappa shape index (κ2) is 12.6. The average molecular weight is 522 g/mol. The van der Waals surface area contributed by atoms with E-state index in [2.05, 4.69) is 11.9 Å². The first-order chi connectivity index (χ1) is 18.5. The van der Waals surface area contributed by atoms with Gasteiger partial charge in [-0.25, -0.2) is 4.79 Å². The molecule has 2 aliphatic heterocycles. The number of aliphatic hydroxyl groups is 1. The average Bonchev–Trinajstić information content (AvgIpc) is 3.21. The largest absolute Gasteiger partial charge is 0.507 e. The van der Waals surface area contributed by atoms with E-state index in [1.54, 1.807) is 60.5 Å². The van der Waals surface area contributed by atoms with Crippen molar-refractivity contribution in [1.82, 2.24) is 14.8 Å². The summed E-state index contributed by atoms with van der Waals surface area (Å²) in [4.78, 5) is 46.4. The summed E-state index contributed by atoms with van der Waals surface area (Å²) in [6, 6.07) is 11.0. The van der Waals surface area contributed by atoms with Crippen LogP contribution >= 0.6 is 0 Å². The SMILES string of the molecule is CCCCCOc1ccc(/C(O)=C2\C(=O)C(=O)N(C3CCN(C(=O)OCC)CC3)C2c2ccccn2)cc1. The number of nitrogens with zero attached hydrogens (tertiary/aromatic N) is 3. The lowest BCUT2D eigenvalue weighted by Gasteiger charge is -2.38. The standard InChI is InChI=1S/C29H35N3O6/c1-3-5-8-19-38-22-12-10-20(11-13-22)26(33)24-25(23-9-6-7-16-30-23)32(28(35)27(24)34)21-14-17-31(18-15-21)29(36)37-4-2/h6-7,9-13,16,21,25,33H,3-5,8,14-15,17-19H2,1-2H3/b26-24+. The molecule has 1 atom stereocenters. The summed E-state index contributed by atoms with van der Waals surface area (Å²) in [5, 5.41) is 11.3. The number of pyridine rings is 1. The summed E-state index contributed by atoms with van der Waals surface area (Å²) in [6.07, 6.45) is 5.35. The summed E-state index contributed by atoms with van der Waals surface area (Å²) in [6.45, 7) is 5.59. The molecule has 0 saturated carbocycles. The Bertz CT molecular complexity index is 1160. The number of carbonyl (C=O) groups excluding carboxylic acids is 3. The van der Waals surface area contributed by atoms with Crippen LogP contribution in [0.3, 0.4) is 0 Å². The van der Waals surface area contributed by atoms with Gasteiger partial charge in [0.25, 0.3) is 11.7 Å². The second-order valence-corrected chi connectivity index (χ2v) is 9.46. The Morgan fingerprint density at radius 1 is 1.05 bits per heavy atom. The topological polar surface area (TPSA) is 109 Å². The molecule has 2 aromatic rings. The first-order valence-electron chi connectivity index (χ1n) is 13.3. The third-order valence-electron chi connectivity index (χ3n) is 6.98. The summed E-state index contributed by atoms with van der Waals surface area (Å²) in [7, 11) is 0. The molecule has 1 unspecified atom stereocenters. The Balaban J connectivity index is 1.62. The van der Waals surface area contributed by atoms with Crippen molar-refractivity contribution >= 4 is 23.5 Å². The van der Waals surface area contributed by atoms with Crippen LogP contribution < -0.4 is 4.74 Å². The third-order valence-corrected chi connectivity index (χ3v) is 6.98. The van der Waals surface area contributed by atoms with Crippen molar-refractivity contribution in [2.45, 2.75) is 58.0 Å². The Kier molecular flexibility index (Phi) is 8.99. The molecule has 38 heavy (non-hydrogen) atoms. The maximum atomic E-state index is 13.4. The van der Waals surface area contributed by atoms with Crippen LogP contribution in [0.15, 0.2) is 54.2 Å². The molecular weight excluding hydrogens is 486 g/mol. The van der Waals surface area contributed by atoms with Crippen LogP contribution in [0.5, 0.6) is 5.75 Å². The lowest BCUT2D eigenvalue weighted by Crippen LogP contribution is -2.48. The number of rotatable bonds is 9. The van der Waals surface area contributed by atoms with Gasteiger partial charge in [-0.05, 0) is 62.6 Å². The van der Waals surface area contributed by atoms with Crippen LogP contribution in [-0.4, -0.2) is 70.0 Å². The zero-order valence-electron chi connectivity index (χ0n) is 22.0. The Labute approximate surface area is 223 Å². The van der Waals surface area contributed by atoms with Crippen LogP contribution in [-0.2, 0) is 14.3 Å². The van der Waals surface area contributed by atoms with Gasteiger partial charge in [0.1, 0.15) is 17.6 Å². The molecule has 202 valence electrons. The highest BCUT2D eigenvalue weighted by molar-refractivity contribution is 6.46. The van der Waals surface area contributed by atoms with Gasteiger partial charge in [0.05, 0.1) is 24.5 Å². The van der Waals surface area contributed by atoms with E-state index < -0.39 is 17.7 Å². The number of aliphatic hydroxyl groups excluding tert-OH is 1. The van der Waals surface area contributed by atoms with Gasteiger partial charge in [0.2, 0.25) is 0 Å². The number of piperidine rings is 1. The van der Waals surface area contributed by atoms with Crippen LogP contribution in [0.4, 0.5) is 4.79 Å². The van der Waals surface area contributed by atoms with E-state index in [1.807, 2.05) is 0 Å². The number of hydrogen-bond donors (Lipinski definition) is 1. The fourth-order valence-corrected chi connectivity index (χ4v) is 5.00. The summed E-state index contributed by atoms with van der Waals surface area (Å²) < 4.78 is 10.9. The van der Waals surface area contributed by atoms with Gasteiger partial charge < -0.3 is 24.4 Å². The number of benzene rings is 1. The number of ketones is 1. The number of aromatic nitrogens is 1. The fraction of sp³-hybridized carbons (Fsp3) is 0.448. The molecule has 2 fully saturated rings. The van der Waals surface area contributed by atoms with Gasteiger partial charge in [0.15, 0.2) is 0 Å². The molecule has 2 aliphatic rings. The predicted molar refractivity (Wildman–Crippen MR) is 141 cm³/mol. The second-order valence-electron chi connectivity index (χ2n) is 9.46. The van der Waals surface area contributed by atoms with Crippen molar-refractivity contribution < 1.29 is 29.0 Å². The zero-order valence-corrected chi connectivity index (χ0v) is 22.0. The molecule has 0 aliphatic carbocycles. The highest BCUT2D eigenvalue weighted by Crippen LogP contribution is 2.41. The Hall–Kier alpha value is -3.88. The van der Waals surface area contributed by atoms with Crippen molar-refractivity contribution in [1.29, 1.82) is 0 Å². The number of carbonyl (C=O) groups is 3. The molecule has 2 amide bonds. The number of likely N-dealkylation sites (tertiary alicyclic amines) is 2. The number of unbranched alkanes of at least 4 members (excludes halogenated alkanes) is 2. The minimum atomic E-state index is -0.833. The van der Waals surface area contributed by atoms with E-state index in [0.29, 0.717) is 56.2 Å². The molecule has 1 N–H and O–H groups in total. The minimum absolute atomic E-state index is 0.0122. The molecule has 9 nitrogen and oxygen atoms in total. The molecule has 1 aromatic carbocycles. The third kappa shape index (κ3) is 5.82. The molecule has 0 spiro atoms. The lowest BCUT2D eigenvalue weighted by atomic mass is 9.96. The van der Waals surface area contributed by atoms with Gasteiger partial charge in [-0.15, -0.1) is 0 Å². The van der Waals surface area contributed by atoms with Crippen LogP contribution in [0.25, 0.3) is 5.76 Å². The van der Waals surface area contributed by atoms with Crippen LogP contribution in [0.2, 0.25) is 0 Å². The molecule has 1 aromatic heterocycles. The van der Waals surface area contributed by atoms with Gasteiger partial charge in [-0.2, -0.15) is 0 Å². The monoisotopic (exact) mass is 521 g/mol. The van der Waals surface area contributed by atoms with Crippen molar-refractivity contribution in [3.05, 3.63) is 65.5 Å². The maximum absolute atomic E-state index is 13.4. The number of Topliss-reactive ketones (excluding diaryl/α,β-unsaturated/α-hetero) is 1. The van der Waals surface area contributed by atoms with Gasteiger partial charge >= 0.3 is 6.09 Å². The van der Waals surface area contributed by atoms with E-state index in [4.69, 9.17) is 9.47 Å². The Morgan fingerprint density at radius 2 is 1.79 bits per heavy atom. The summed E-state index contributed by atoms with van der Waals surface area (Å²) >= 11 is 0. The first kappa shape index (κ1) is 27.2. The molecule has 2 saturated heterocycles. The van der Waals surface area contributed by atoms with Crippen molar-refractivity contribution in [3.8, 4) is 5.75 Å². The number of hydrogen-bond acceptors (Lipinski definition) is 7. The Morgan fingerprint density at radius 3 is 2.42 bits per heavy atom. The number of amides is 2. The van der Waals surface area contributed by atoms with E-state index in [9.17, 15) is 19.5 Å². The molecule has 4 rings (SSSR count). The summed E-state index contributed by atoms with van der Waals surface area (Å²) in [5.41, 5.74) is 0.928. The van der Waals surface area contributed by atoms with Crippen molar-refractivity contribution in [2.24, 2.45) is 0 Å². The smallest absolute Gasteiger partial charge is 0.409 e. The normalized spacial score (nSPS) is 19.6. The van der Waals surface area contributed by atoms with E-state index in [-0.39, 0.29) is 23.5 Å². The van der Waals surface area contributed by atoms with Gasteiger partial charge in [0, 0.05) is 30.9 Å². The molecule has 0 radical (unpaired) electrons. The minimum Gasteiger partial charge on any atom is -0.507 e. The van der Waals surface area contributed by atoms with Gasteiger partial charge in [-0.1, -0.05) is 25.8 Å².